The van der Waals surface area contributed by atoms with E-state index >= 15 is 0 Å². The van der Waals surface area contributed by atoms with Crippen LogP contribution in [0.3, 0.4) is 0 Å². The number of benzene rings is 1. The fraction of sp³-hybridized carbons (Fsp3) is 0.467. The Morgan fingerprint density at radius 2 is 2.00 bits per heavy atom. The molecule has 4 nitrogen and oxygen atoms in total. The van der Waals surface area contributed by atoms with Gasteiger partial charge in [0.15, 0.2) is 0 Å². The maximum atomic E-state index is 12.6. The molecule has 0 heterocycles. The summed E-state index contributed by atoms with van der Waals surface area (Å²) in [6.45, 7) is 0.375. The highest BCUT2D eigenvalue weighted by Gasteiger charge is 2.30. The zero-order chi connectivity index (χ0) is 17.3. The molecule has 23 heavy (non-hydrogen) atoms. The van der Waals surface area contributed by atoms with E-state index in [0.29, 0.717) is 30.7 Å². The number of carbonyl (C=O) groups is 2. The van der Waals surface area contributed by atoms with Crippen LogP contribution in [0.4, 0.5) is 13.2 Å². The van der Waals surface area contributed by atoms with Crippen LogP contribution in [0.2, 0.25) is 0 Å². The zero-order valence-electron chi connectivity index (χ0n) is 12.4. The second kappa shape index (κ2) is 9.44. The van der Waals surface area contributed by atoms with Gasteiger partial charge in [0.25, 0.3) is 0 Å². The number of aliphatic carboxylic acids is 1. The van der Waals surface area contributed by atoms with Gasteiger partial charge in [-0.3, -0.25) is 9.59 Å². The number of hydrogen-bond acceptors (Lipinski definition) is 3. The van der Waals surface area contributed by atoms with Gasteiger partial charge >= 0.3 is 12.1 Å². The Labute approximate surface area is 136 Å². The number of halogens is 3. The summed E-state index contributed by atoms with van der Waals surface area (Å²) in [6.07, 6.45) is -3.29. The molecule has 0 bridgehead atoms. The van der Waals surface area contributed by atoms with Crippen LogP contribution in [0.15, 0.2) is 24.3 Å². The van der Waals surface area contributed by atoms with Gasteiger partial charge in [0.05, 0.1) is 11.3 Å². The van der Waals surface area contributed by atoms with E-state index in [4.69, 9.17) is 5.11 Å². The Balaban J connectivity index is 2.23. The van der Waals surface area contributed by atoms with Gasteiger partial charge in [-0.05, 0) is 24.5 Å². The van der Waals surface area contributed by atoms with Crippen LogP contribution in [0.25, 0.3) is 0 Å². The Morgan fingerprint density at radius 1 is 1.26 bits per heavy atom. The first kappa shape index (κ1) is 19.3. The summed E-state index contributed by atoms with van der Waals surface area (Å²) in [5, 5.41) is 11.1. The predicted octanol–water partition coefficient (Wildman–Crippen LogP) is 2.96. The highest BCUT2D eigenvalue weighted by Crippen LogP contribution is 2.29. The summed E-state index contributed by atoms with van der Waals surface area (Å²) in [7, 11) is 0. The molecule has 0 fully saturated rings. The lowest BCUT2D eigenvalue weighted by molar-refractivity contribution is -0.137. The monoisotopic (exact) mass is 349 g/mol. The van der Waals surface area contributed by atoms with Crippen LogP contribution < -0.4 is 5.32 Å². The molecular formula is C15H18F3NO3S. The van der Waals surface area contributed by atoms with Crippen molar-refractivity contribution in [3.63, 3.8) is 0 Å². The third-order valence-electron chi connectivity index (χ3n) is 2.92. The van der Waals surface area contributed by atoms with Crippen molar-refractivity contribution in [2.24, 2.45) is 0 Å². The zero-order valence-corrected chi connectivity index (χ0v) is 13.2. The molecule has 0 radical (unpaired) electrons. The van der Waals surface area contributed by atoms with Gasteiger partial charge < -0.3 is 10.4 Å². The topological polar surface area (TPSA) is 66.4 Å². The second-order valence-electron chi connectivity index (χ2n) is 4.85. The third kappa shape index (κ3) is 8.49. The minimum absolute atomic E-state index is 0.00852. The molecule has 0 aliphatic rings. The maximum absolute atomic E-state index is 12.6. The summed E-state index contributed by atoms with van der Waals surface area (Å²) >= 11 is 1.21. The molecule has 1 aromatic carbocycles. The average molecular weight is 349 g/mol. The van der Waals surface area contributed by atoms with E-state index in [1.165, 1.54) is 17.8 Å². The SMILES string of the molecule is O=C(O)CSCCNC(=O)CCCc1cccc(C(F)(F)F)c1. The molecule has 1 aromatic rings. The molecular weight excluding hydrogens is 331 g/mol. The molecule has 1 amide bonds. The average Bonchev–Trinajstić information content (AvgIpc) is 2.46. The van der Waals surface area contributed by atoms with Gasteiger partial charge in [-0.25, -0.2) is 0 Å². The molecule has 0 unspecified atom stereocenters. The van der Waals surface area contributed by atoms with Crippen molar-refractivity contribution in [3.05, 3.63) is 35.4 Å². The van der Waals surface area contributed by atoms with Gasteiger partial charge in [0, 0.05) is 18.7 Å². The van der Waals surface area contributed by atoms with Crippen LogP contribution in [0.1, 0.15) is 24.0 Å². The van der Waals surface area contributed by atoms with Crippen molar-refractivity contribution in [3.8, 4) is 0 Å². The van der Waals surface area contributed by atoms with Crippen LogP contribution in [0.5, 0.6) is 0 Å². The normalized spacial score (nSPS) is 11.3. The molecule has 0 atom stereocenters. The summed E-state index contributed by atoms with van der Waals surface area (Å²) in [6, 6.07) is 5.08. The van der Waals surface area contributed by atoms with Gasteiger partial charge in [-0.1, -0.05) is 18.2 Å². The lowest BCUT2D eigenvalue weighted by Crippen LogP contribution is -2.25. The number of carboxylic acids is 1. The third-order valence-corrected chi connectivity index (χ3v) is 3.86. The van der Waals surface area contributed by atoms with E-state index in [-0.39, 0.29) is 18.1 Å². The molecule has 0 saturated carbocycles. The first-order valence-electron chi connectivity index (χ1n) is 7.01. The molecule has 0 saturated heterocycles. The van der Waals surface area contributed by atoms with Crippen molar-refractivity contribution in [2.75, 3.05) is 18.1 Å². The number of aryl methyl sites for hydroxylation is 1. The minimum Gasteiger partial charge on any atom is -0.481 e. The Morgan fingerprint density at radius 3 is 2.65 bits per heavy atom. The van der Waals surface area contributed by atoms with Crippen LogP contribution in [0, 0.1) is 0 Å². The maximum Gasteiger partial charge on any atom is 0.416 e. The van der Waals surface area contributed by atoms with Gasteiger partial charge in [0.2, 0.25) is 5.91 Å². The van der Waals surface area contributed by atoms with Crippen LogP contribution in [-0.4, -0.2) is 35.0 Å². The molecule has 1 rings (SSSR count). The molecule has 2 N–H and O–H groups in total. The Hall–Kier alpha value is -1.70. The van der Waals surface area contributed by atoms with Crippen molar-refractivity contribution < 1.29 is 27.9 Å². The minimum atomic E-state index is -4.36. The van der Waals surface area contributed by atoms with E-state index in [9.17, 15) is 22.8 Å². The molecule has 128 valence electrons. The Kier molecular flexibility index (Phi) is 7.94. The first-order chi connectivity index (χ1) is 10.8. The number of thioether (sulfide) groups is 1. The summed E-state index contributed by atoms with van der Waals surface area (Å²) in [5.74, 6) is -0.591. The van der Waals surface area contributed by atoms with Crippen molar-refractivity contribution in [1.82, 2.24) is 5.32 Å². The van der Waals surface area contributed by atoms with Crippen molar-refractivity contribution in [1.29, 1.82) is 0 Å². The number of carbonyl (C=O) groups excluding carboxylic acids is 1. The summed E-state index contributed by atoms with van der Waals surface area (Å²) in [4.78, 5) is 21.8. The number of alkyl halides is 3. The van der Waals surface area contributed by atoms with Gasteiger partial charge in [-0.15, -0.1) is 11.8 Å². The molecule has 8 heteroatoms. The van der Waals surface area contributed by atoms with Crippen molar-refractivity contribution >= 4 is 23.6 Å². The number of carboxylic acid groups (broad SMARTS) is 1. The van der Waals surface area contributed by atoms with Crippen molar-refractivity contribution in [2.45, 2.75) is 25.4 Å². The molecule has 0 aromatic heterocycles. The Bertz CT molecular complexity index is 535. The lowest BCUT2D eigenvalue weighted by Gasteiger charge is -2.09. The lowest BCUT2D eigenvalue weighted by atomic mass is 10.0. The second-order valence-corrected chi connectivity index (χ2v) is 5.95. The quantitative estimate of drug-likeness (QED) is 0.673. The van der Waals surface area contributed by atoms with E-state index in [1.54, 1.807) is 6.07 Å². The van der Waals surface area contributed by atoms with Crippen LogP contribution >= 0.6 is 11.8 Å². The molecule has 0 aliphatic heterocycles. The smallest absolute Gasteiger partial charge is 0.416 e. The number of hydrogen-bond donors (Lipinski definition) is 2. The van der Waals surface area contributed by atoms with E-state index < -0.39 is 17.7 Å². The standard InChI is InChI=1S/C15H18F3NO3S/c16-15(17,18)12-5-1-3-11(9-12)4-2-6-13(20)19-7-8-23-10-14(21)22/h1,3,5,9H,2,4,6-8,10H2,(H,19,20)(H,21,22). The van der Waals surface area contributed by atoms with E-state index in [1.807, 2.05) is 0 Å². The van der Waals surface area contributed by atoms with Gasteiger partial charge in [-0.2, -0.15) is 13.2 Å². The fourth-order valence-corrected chi connectivity index (χ4v) is 2.43. The van der Waals surface area contributed by atoms with E-state index in [0.717, 1.165) is 12.1 Å². The van der Waals surface area contributed by atoms with Crippen LogP contribution in [-0.2, 0) is 22.2 Å². The number of amides is 1. The fourth-order valence-electron chi connectivity index (χ4n) is 1.87. The summed E-state index contributed by atoms with van der Waals surface area (Å²) < 4.78 is 37.7. The summed E-state index contributed by atoms with van der Waals surface area (Å²) in [5.41, 5.74) is -0.139. The number of rotatable bonds is 9. The molecule has 0 spiro atoms. The predicted molar refractivity (Wildman–Crippen MR) is 82.4 cm³/mol. The van der Waals surface area contributed by atoms with Gasteiger partial charge in [0.1, 0.15) is 0 Å². The highest BCUT2D eigenvalue weighted by molar-refractivity contribution is 7.99. The van der Waals surface area contributed by atoms with E-state index in [2.05, 4.69) is 5.32 Å². The molecule has 0 aliphatic carbocycles. The largest absolute Gasteiger partial charge is 0.481 e. The number of nitrogens with one attached hydrogen (secondary N) is 1. The first-order valence-corrected chi connectivity index (χ1v) is 8.17. The highest BCUT2D eigenvalue weighted by atomic mass is 32.2.